The molecule has 128 valence electrons. The average Bonchev–Trinajstić information content (AvgIpc) is 2.50. The summed E-state index contributed by atoms with van der Waals surface area (Å²) in [5, 5.41) is 0. The van der Waals surface area contributed by atoms with E-state index in [0.29, 0.717) is 0 Å². The van der Waals surface area contributed by atoms with Crippen molar-refractivity contribution in [3.8, 4) is 0 Å². The summed E-state index contributed by atoms with van der Waals surface area (Å²) in [6.45, 7) is 4.55. The highest BCUT2D eigenvalue weighted by Gasteiger charge is 1.95. The Balaban J connectivity index is 2.90. The van der Waals surface area contributed by atoms with Gasteiger partial charge in [-0.25, -0.2) is 3.63 Å². The number of unbranched alkanes of at least 4 members (excludes halogenated alkanes) is 12. The largest absolute Gasteiger partial charge is 0.247 e. The van der Waals surface area contributed by atoms with Crippen LogP contribution in [0.15, 0.2) is 0 Å². The monoisotopic (exact) mass is 334 g/mol. The normalized spacial score (nSPS) is 11.1. The molecule has 0 saturated carbocycles. The van der Waals surface area contributed by atoms with E-state index in [-0.39, 0.29) is 0 Å². The Morgan fingerprint density at radius 2 is 0.810 bits per heavy atom. The van der Waals surface area contributed by atoms with Gasteiger partial charge in [0, 0.05) is 35.6 Å². The molecule has 1 nitrogen and oxygen atoms in total. The van der Waals surface area contributed by atoms with Crippen molar-refractivity contribution in [3.05, 3.63) is 0 Å². The summed E-state index contributed by atoms with van der Waals surface area (Å²) in [5.41, 5.74) is 0. The molecule has 0 aromatic carbocycles. The Hall–Kier alpha value is 0.660. The van der Waals surface area contributed by atoms with Crippen LogP contribution < -0.4 is 0 Å². The third-order valence-electron chi connectivity index (χ3n) is 3.76. The number of hydrogen-bond donors (Lipinski definition) is 0. The Kier molecular flexibility index (Phi) is 21.3. The molecule has 0 aromatic rings. The molecule has 0 aromatic heterocycles. The van der Waals surface area contributed by atoms with Crippen LogP contribution in [0.4, 0.5) is 0 Å². The van der Waals surface area contributed by atoms with Crippen LogP contribution in [0.2, 0.25) is 0 Å². The Morgan fingerprint density at radius 1 is 0.476 bits per heavy atom. The number of hydrogen-bond acceptors (Lipinski definition) is 3. The van der Waals surface area contributed by atoms with Crippen molar-refractivity contribution in [1.82, 2.24) is 0 Å². The minimum atomic E-state index is 1.16. The summed E-state index contributed by atoms with van der Waals surface area (Å²) in [6, 6.07) is 0. The molecule has 0 amide bonds. The minimum Gasteiger partial charge on any atom is -0.247 e. The first-order chi connectivity index (χ1) is 10.4. The van der Waals surface area contributed by atoms with Gasteiger partial charge in [-0.05, 0) is 12.8 Å². The fourth-order valence-electron chi connectivity index (χ4n) is 2.34. The van der Waals surface area contributed by atoms with Gasteiger partial charge in [0.25, 0.3) is 0 Å². The van der Waals surface area contributed by atoms with Crippen LogP contribution in [0.25, 0.3) is 0 Å². The third kappa shape index (κ3) is 20.7. The Morgan fingerprint density at radius 3 is 1.19 bits per heavy atom. The van der Waals surface area contributed by atoms with E-state index >= 15 is 0 Å². The van der Waals surface area contributed by atoms with Crippen molar-refractivity contribution in [1.29, 1.82) is 0 Å². The van der Waals surface area contributed by atoms with Crippen LogP contribution in [0.1, 0.15) is 104 Å². The van der Waals surface area contributed by atoms with Crippen molar-refractivity contribution in [2.75, 3.05) is 11.5 Å². The molecule has 0 heterocycles. The second kappa shape index (κ2) is 20.7. The van der Waals surface area contributed by atoms with E-state index < -0.39 is 0 Å². The van der Waals surface area contributed by atoms with Crippen LogP contribution in [-0.2, 0) is 3.63 Å². The SMILES string of the molecule is CCCCCCCCCSOSCCCCCCCCC. The van der Waals surface area contributed by atoms with Gasteiger partial charge in [0.1, 0.15) is 0 Å². The van der Waals surface area contributed by atoms with Gasteiger partial charge in [-0.1, -0.05) is 90.9 Å². The Bertz CT molecular complexity index is 159. The van der Waals surface area contributed by atoms with Crippen molar-refractivity contribution < 1.29 is 3.63 Å². The van der Waals surface area contributed by atoms with Crippen molar-refractivity contribution in [3.63, 3.8) is 0 Å². The quantitative estimate of drug-likeness (QED) is 0.187. The van der Waals surface area contributed by atoms with Gasteiger partial charge in [0.2, 0.25) is 0 Å². The zero-order valence-corrected chi connectivity index (χ0v) is 16.2. The second-order valence-electron chi connectivity index (χ2n) is 5.95. The summed E-state index contributed by atoms with van der Waals surface area (Å²) in [7, 11) is 0. The summed E-state index contributed by atoms with van der Waals surface area (Å²) in [5.74, 6) is 2.33. The van der Waals surface area contributed by atoms with Gasteiger partial charge >= 0.3 is 0 Å². The van der Waals surface area contributed by atoms with E-state index in [1.807, 2.05) is 0 Å². The summed E-state index contributed by atoms with van der Waals surface area (Å²) in [4.78, 5) is 0. The van der Waals surface area contributed by atoms with Crippen LogP contribution >= 0.6 is 24.1 Å². The van der Waals surface area contributed by atoms with Gasteiger partial charge in [-0.2, -0.15) is 0 Å². The molecule has 0 atom stereocenters. The van der Waals surface area contributed by atoms with Crippen LogP contribution in [0.5, 0.6) is 0 Å². The molecule has 0 bridgehead atoms. The van der Waals surface area contributed by atoms with Gasteiger partial charge < -0.3 is 0 Å². The second-order valence-corrected chi connectivity index (χ2v) is 7.79. The Labute approximate surface area is 143 Å². The lowest BCUT2D eigenvalue weighted by atomic mass is 10.1. The molecule has 0 unspecified atom stereocenters. The fourth-order valence-corrected chi connectivity index (χ4v) is 3.80. The highest BCUT2D eigenvalue weighted by Crippen LogP contribution is 2.19. The highest BCUT2D eigenvalue weighted by molar-refractivity contribution is 8.07. The lowest BCUT2D eigenvalue weighted by Gasteiger charge is -2.03. The minimum absolute atomic E-state index is 1.16. The van der Waals surface area contributed by atoms with Gasteiger partial charge in [-0.15, -0.1) is 0 Å². The van der Waals surface area contributed by atoms with Crippen molar-refractivity contribution in [2.45, 2.75) is 104 Å². The molecule has 0 saturated heterocycles. The molecule has 0 radical (unpaired) electrons. The van der Waals surface area contributed by atoms with Crippen LogP contribution in [0.3, 0.4) is 0 Å². The molecule has 21 heavy (non-hydrogen) atoms. The first-order valence-electron chi connectivity index (χ1n) is 9.32. The van der Waals surface area contributed by atoms with Crippen LogP contribution in [0, 0.1) is 0 Å². The van der Waals surface area contributed by atoms with Gasteiger partial charge in [-0.3, -0.25) is 0 Å². The maximum Gasteiger partial charge on any atom is 0.0210 e. The molecular formula is C18H38OS2. The zero-order chi connectivity index (χ0) is 15.4. The lowest BCUT2D eigenvalue weighted by molar-refractivity contribution is 0.600. The topological polar surface area (TPSA) is 9.23 Å². The smallest absolute Gasteiger partial charge is 0.0210 e. The molecule has 0 aliphatic rings. The standard InChI is InChI=1S/C18H38OS2/c1-3-5-7-9-11-13-15-17-20-19-21-18-16-14-12-10-8-6-4-2/h3-18H2,1-2H3. The first-order valence-corrected chi connectivity index (χ1v) is 11.1. The average molecular weight is 335 g/mol. The van der Waals surface area contributed by atoms with Crippen LogP contribution in [-0.4, -0.2) is 11.5 Å². The summed E-state index contributed by atoms with van der Waals surface area (Å²) >= 11 is 3.32. The van der Waals surface area contributed by atoms with Gasteiger partial charge in [0.15, 0.2) is 0 Å². The van der Waals surface area contributed by atoms with Gasteiger partial charge in [0.05, 0.1) is 0 Å². The molecule has 0 aliphatic heterocycles. The predicted molar refractivity (Wildman–Crippen MR) is 102 cm³/mol. The maximum atomic E-state index is 5.56. The fraction of sp³-hybridized carbons (Fsp3) is 1.00. The third-order valence-corrected chi connectivity index (χ3v) is 5.44. The summed E-state index contributed by atoms with van der Waals surface area (Å²) < 4.78 is 5.56. The lowest BCUT2D eigenvalue weighted by Crippen LogP contribution is -1.85. The molecule has 3 heteroatoms. The molecular weight excluding hydrogens is 296 g/mol. The van der Waals surface area contributed by atoms with Crippen molar-refractivity contribution in [2.24, 2.45) is 0 Å². The highest BCUT2D eigenvalue weighted by atomic mass is 32.2. The van der Waals surface area contributed by atoms with E-state index in [1.54, 1.807) is 24.1 Å². The predicted octanol–water partition coefficient (Wildman–Crippen LogP) is 7.80. The van der Waals surface area contributed by atoms with Crippen molar-refractivity contribution >= 4 is 24.1 Å². The number of rotatable bonds is 18. The van der Waals surface area contributed by atoms with E-state index in [1.165, 1.54) is 89.9 Å². The van der Waals surface area contributed by atoms with E-state index in [2.05, 4.69) is 13.8 Å². The molecule has 0 rings (SSSR count). The van der Waals surface area contributed by atoms with E-state index in [9.17, 15) is 0 Å². The maximum absolute atomic E-state index is 5.56. The first kappa shape index (κ1) is 21.7. The molecule has 0 aliphatic carbocycles. The molecule has 0 N–H and O–H groups in total. The summed E-state index contributed by atoms with van der Waals surface area (Å²) in [6.07, 6.45) is 19.4. The van der Waals surface area contributed by atoms with E-state index in [4.69, 9.17) is 3.63 Å². The molecule has 0 fully saturated rings. The molecule has 0 spiro atoms. The zero-order valence-electron chi connectivity index (χ0n) is 14.5. The van der Waals surface area contributed by atoms with E-state index in [0.717, 1.165) is 11.5 Å².